The quantitative estimate of drug-likeness (QED) is 0.837. The Labute approximate surface area is 145 Å². The van der Waals surface area contributed by atoms with E-state index in [1.807, 2.05) is 14.2 Å². The SMILES string of the molecule is COC1CCC(C2CC(O)CC(C3CCC(OC)CC3)S2)CC1. The van der Waals surface area contributed by atoms with Gasteiger partial charge < -0.3 is 14.6 Å². The van der Waals surface area contributed by atoms with Crippen LogP contribution in [0.25, 0.3) is 0 Å². The Morgan fingerprint density at radius 2 is 1.09 bits per heavy atom. The van der Waals surface area contributed by atoms with Crippen LogP contribution in [0.2, 0.25) is 0 Å². The molecule has 1 heterocycles. The summed E-state index contributed by atoms with van der Waals surface area (Å²) in [5, 5.41) is 11.8. The third-order valence-electron chi connectivity index (χ3n) is 6.51. The molecule has 0 spiro atoms. The second-order valence-corrected chi connectivity index (χ2v) is 9.37. The summed E-state index contributed by atoms with van der Waals surface area (Å²) < 4.78 is 11.0. The van der Waals surface area contributed by atoms with Gasteiger partial charge in [-0.05, 0) is 76.0 Å². The maximum Gasteiger partial charge on any atom is 0.0571 e. The maximum absolute atomic E-state index is 10.4. The summed E-state index contributed by atoms with van der Waals surface area (Å²) in [7, 11) is 3.69. The molecule has 4 heteroatoms. The van der Waals surface area contributed by atoms with Gasteiger partial charge in [-0.1, -0.05) is 0 Å². The van der Waals surface area contributed by atoms with Crippen molar-refractivity contribution in [1.82, 2.24) is 0 Å². The van der Waals surface area contributed by atoms with E-state index in [4.69, 9.17) is 9.47 Å². The van der Waals surface area contributed by atoms with Gasteiger partial charge in [-0.15, -0.1) is 0 Å². The van der Waals surface area contributed by atoms with Gasteiger partial charge in [-0.25, -0.2) is 0 Å². The van der Waals surface area contributed by atoms with Crippen LogP contribution in [-0.2, 0) is 9.47 Å². The molecule has 3 fully saturated rings. The maximum atomic E-state index is 10.4. The lowest BCUT2D eigenvalue weighted by Crippen LogP contribution is -2.39. The molecule has 134 valence electrons. The molecule has 3 rings (SSSR count). The number of thioether (sulfide) groups is 1. The second kappa shape index (κ2) is 8.55. The lowest BCUT2D eigenvalue weighted by atomic mass is 9.81. The highest BCUT2D eigenvalue weighted by atomic mass is 32.2. The summed E-state index contributed by atoms with van der Waals surface area (Å²) in [6.45, 7) is 0. The van der Waals surface area contributed by atoms with Crippen LogP contribution >= 0.6 is 11.8 Å². The normalized spacial score (nSPS) is 45.8. The molecule has 2 saturated carbocycles. The van der Waals surface area contributed by atoms with Crippen molar-refractivity contribution in [2.24, 2.45) is 11.8 Å². The van der Waals surface area contributed by atoms with Crippen molar-refractivity contribution in [3.8, 4) is 0 Å². The van der Waals surface area contributed by atoms with Gasteiger partial charge in [0.2, 0.25) is 0 Å². The van der Waals surface area contributed by atoms with Crippen LogP contribution in [-0.4, -0.2) is 48.1 Å². The van der Waals surface area contributed by atoms with Crippen LogP contribution in [0.15, 0.2) is 0 Å². The molecule has 0 radical (unpaired) electrons. The van der Waals surface area contributed by atoms with Gasteiger partial charge in [0.05, 0.1) is 18.3 Å². The van der Waals surface area contributed by atoms with E-state index < -0.39 is 0 Å². The monoisotopic (exact) mass is 342 g/mol. The molecule has 1 saturated heterocycles. The van der Waals surface area contributed by atoms with Crippen LogP contribution in [0.1, 0.15) is 64.2 Å². The molecular formula is C19H34O3S. The van der Waals surface area contributed by atoms with Crippen LogP contribution in [0.3, 0.4) is 0 Å². The number of ether oxygens (including phenoxy) is 2. The number of aliphatic hydroxyl groups excluding tert-OH is 1. The predicted molar refractivity (Wildman–Crippen MR) is 95.9 cm³/mol. The number of methoxy groups -OCH3 is 2. The molecule has 0 bridgehead atoms. The third-order valence-corrected chi connectivity index (χ3v) is 8.37. The smallest absolute Gasteiger partial charge is 0.0571 e. The van der Waals surface area contributed by atoms with Crippen molar-refractivity contribution in [2.45, 2.75) is 93.0 Å². The average Bonchev–Trinajstić information content (AvgIpc) is 2.61. The van der Waals surface area contributed by atoms with Crippen molar-refractivity contribution in [2.75, 3.05) is 14.2 Å². The van der Waals surface area contributed by atoms with E-state index in [2.05, 4.69) is 11.8 Å². The molecule has 0 aromatic carbocycles. The van der Waals surface area contributed by atoms with E-state index in [1.165, 1.54) is 51.4 Å². The number of rotatable bonds is 4. The fourth-order valence-electron chi connectivity index (χ4n) is 4.97. The minimum atomic E-state index is -0.0773. The van der Waals surface area contributed by atoms with Gasteiger partial charge in [0.1, 0.15) is 0 Å². The Morgan fingerprint density at radius 1 is 0.696 bits per heavy atom. The first-order valence-corrected chi connectivity index (χ1v) is 10.5. The Hall–Kier alpha value is 0.230. The van der Waals surface area contributed by atoms with Crippen LogP contribution in [0.4, 0.5) is 0 Å². The topological polar surface area (TPSA) is 38.7 Å². The first-order chi connectivity index (χ1) is 11.2. The highest BCUT2D eigenvalue weighted by Gasteiger charge is 2.39. The molecule has 2 aliphatic carbocycles. The van der Waals surface area contributed by atoms with Crippen LogP contribution in [0, 0.1) is 11.8 Å². The molecule has 1 aliphatic heterocycles. The van der Waals surface area contributed by atoms with Crippen LogP contribution in [0.5, 0.6) is 0 Å². The zero-order valence-corrected chi connectivity index (χ0v) is 15.6. The lowest BCUT2D eigenvalue weighted by Gasteiger charge is -2.43. The first-order valence-electron chi connectivity index (χ1n) is 9.58. The summed E-state index contributed by atoms with van der Waals surface area (Å²) in [5.74, 6) is 1.58. The zero-order valence-electron chi connectivity index (χ0n) is 14.8. The first kappa shape index (κ1) is 18.0. The van der Waals surface area contributed by atoms with Crippen molar-refractivity contribution in [1.29, 1.82) is 0 Å². The third kappa shape index (κ3) is 4.65. The molecule has 0 aromatic rings. The Kier molecular flexibility index (Phi) is 6.70. The van der Waals surface area contributed by atoms with Gasteiger partial charge >= 0.3 is 0 Å². The molecule has 2 unspecified atom stereocenters. The molecule has 1 N–H and O–H groups in total. The van der Waals surface area contributed by atoms with Gasteiger partial charge in [0.25, 0.3) is 0 Å². The highest BCUT2D eigenvalue weighted by Crippen LogP contribution is 2.46. The molecule has 3 aliphatic rings. The van der Waals surface area contributed by atoms with Crippen molar-refractivity contribution in [3.63, 3.8) is 0 Å². The van der Waals surface area contributed by atoms with Gasteiger partial charge in [0.15, 0.2) is 0 Å². The van der Waals surface area contributed by atoms with Gasteiger partial charge in [0, 0.05) is 24.7 Å². The largest absolute Gasteiger partial charge is 0.393 e. The number of hydrogen-bond donors (Lipinski definition) is 1. The molecule has 3 nitrogen and oxygen atoms in total. The fraction of sp³-hybridized carbons (Fsp3) is 1.00. The minimum absolute atomic E-state index is 0.0773. The fourth-order valence-corrected chi connectivity index (χ4v) is 7.07. The Bertz CT molecular complexity index is 317. The van der Waals surface area contributed by atoms with E-state index >= 15 is 0 Å². The van der Waals surface area contributed by atoms with Crippen molar-refractivity contribution >= 4 is 11.8 Å². The average molecular weight is 343 g/mol. The van der Waals surface area contributed by atoms with E-state index in [1.54, 1.807) is 0 Å². The standard InChI is InChI=1S/C19H34O3S/c1-21-16-7-3-13(4-8-16)18-11-15(20)12-19(23-18)14-5-9-17(22-2)10-6-14/h13-20H,3-12H2,1-2H3. The molecular weight excluding hydrogens is 308 g/mol. The van der Waals surface area contributed by atoms with E-state index in [0.717, 1.165) is 24.7 Å². The Morgan fingerprint density at radius 3 is 1.43 bits per heavy atom. The summed E-state index contributed by atoms with van der Waals surface area (Å²) in [5.41, 5.74) is 0. The van der Waals surface area contributed by atoms with Crippen LogP contribution < -0.4 is 0 Å². The molecule has 23 heavy (non-hydrogen) atoms. The lowest BCUT2D eigenvalue weighted by molar-refractivity contribution is 0.0466. The van der Waals surface area contributed by atoms with Crippen molar-refractivity contribution in [3.05, 3.63) is 0 Å². The summed E-state index contributed by atoms with van der Waals surface area (Å²) in [6, 6.07) is 0. The van der Waals surface area contributed by atoms with E-state index in [0.29, 0.717) is 22.7 Å². The summed E-state index contributed by atoms with van der Waals surface area (Å²) in [6.07, 6.45) is 12.9. The van der Waals surface area contributed by atoms with Gasteiger partial charge in [-0.2, -0.15) is 11.8 Å². The second-order valence-electron chi connectivity index (χ2n) is 7.88. The zero-order chi connectivity index (χ0) is 16.2. The Balaban J connectivity index is 1.53. The summed E-state index contributed by atoms with van der Waals surface area (Å²) in [4.78, 5) is 0. The van der Waals surface area contributed by atoms with E-state index in [-0.39, 0.29) is 6.10 Å². The molecule has 0 amide bonds. The molecule has 2 atom stereocenters. The molecule has 0 aromatic heterocycles. The minimum Gasteiger partial charge on any atom is -0.393 e. The summed E-state index contributed by atoms with van der Waals surface area (Å²) >= 11 is 2.22. The number of aliphatic hydroxyl groups is 1. The van der Waals surface area contributed by atoms with Gasteiger partial charge in [-0.3, -0.25) is 0 Å². The predicted octanol–water partition coefficient (Wildman–Crippen LogP) is 4.02. The van der Waals surface area contributed by atoms with E-state index in [9.17, 15) is 5.11 Å². The van der Waals surface area contributed by atoms with Crippen molar-refractivity contribution < 1.29 is 14.6 Å². The highest BCUT2D eigenvalue weighted by molar-refractivity contribution is 8.00. The number of hydrogen-bond acceptors (Lipinski definition) is 4.